The number of nitriles is 1. The second kappa shape index (κ2) is 7.64. The number of anilines is 1. The number of aromatic nitrogens is 1. The highest BCUT2D eigenvalue weighted by molar-refractivity contribution is 5.35. The summed E-state index contributed by atoms with van der Waals surface area (Å²) in [6.45, 7) is 6.95. The van der Waals surface area contributed by atoms with Gasteiger partial charge in [-0.05, 0) is 23.6 Å². The molecule has 0 fully saturated rings. The number of nitrogens with one attached hydrogen (secondary N) is 1. The zero-order chi connectivity index (χ0) is 13.4. The third-order valence-electron chi connectivity index (χ3n) is 2.54. The zero-order valence-electron chi connectivity index (χ0n) is 11.1. The van der Waals surface area contributed by atoms with Gasteiger partial charge in [0.15, 0.2) is 0 Å². The highest BCUT2D eigenvalue weighted by Gasteiger charge is 2.08. The molecule has 0 aromatic carbocycles. The molecule has 1 aromatic rings. The summed E-state index contributed by atoms with van der Waals surface area (Å²) >= 11 is 0. The van der Waals surface area contributed by atoms with Crippen molar-refractivity contribution >= 4 is 5.82 Å². The van der Waals surface area contributed by atoms with Gasteiger partial charge in [-0.3, -0.25) is 4.90 Å². The Labute approximate surface area is 109 Å². The molecular formula is C13H21N5. The van der Waals surface area contributed by atoms with Crippen molar-refractivity contribution < 1.29 is 0 Å². The topological polar surface area (TPSA) is 78.0 Å². The first kappa shape index (κ1) is 14.4. The van der Waals surface area contributed by atoms with Crippen LogP contribution in [0.5, 0.6) is 0 Å². The minimum atomic E-state index is 0.555. The Morgan fingerprint density at radius 3 is 2.94 bits per heavy atom. The Bertz CT molecular complexity index is 397. The molecule has 0 amide bonds. The van der Waals surface area contributed by atoms with Gasteiger partial charge in [0.2, 0.25) is 0 Å². The summed E-state index contributed by atoms with van der Waals surface area (Å²) in [5.41, 5.74) is 3.69. The Morgan fingerprint density at radius 2 is 2.33 bits per heavy atom. The average molecular weight is 247 g/mol. The zero-order valence-corrected chi connectivity index (χ0v) is 11.1. The number of nitrogens with two attached hydrogens (primary N) is 1. The molecule has 0 unspecified atom stereocenters. The van der Waals surface area contributed by atoms with Crippen LogP contribution in [0.4, 0.5) is 5.82 Å². The number of nitrogen functional groups attached to an aromatic ring is 1. The minimum Gasteiger partial charge on any atom is -0.308 e. The van der Waals surface area contributed by atoms with Crippen molar-refractivity contribution in [2.75, 3.05) is 18.5 Å². The summed E-state index contributed by atoms with van der Waals surface area (Å²) in [7, 11) is 0. The van der Waals surface area contributed by atoms with Gasteiger partial charge in [-0.2, -0.15) is 5.26 Å². The number of hydrazine groups is 1. The molecule has 0 atom stereocenters. The largest absolute Gasteiger partial charge is 0.308 e. The Balaban J connectivity index is 2.65. The van der Waals surface area contributed by atoms with Gasteiger partial charge >= 0.3 is 0 Å². The van der Waals surface area contributed by atoms with Crippen molar-refractivity contribution in [1.29, 1.82) is 5.26 Å². The highest BCUT2D eigenvalue weighted by Crippen LogP contribution is 2.10. The average Bonchev–Trinajstić information content (AvgIpc) is 2.35. The fourth-order valence-electron chi connectivity index (χ4n) is 1.87. The third kappa shape index (κ3) is 5.13. The van der Waals surface area contributed by atoms with E-state index >= 15 is 0 Å². The number of hydrogen-bond donors (Lipinski definition) is 2. The van der Waals surface area contributed by atoms with E-state index in [-0.39, 0.29) is 0 Å². The maximum atomic E-state index is 8.68. The third-order valence-corrected chi connectivity index (χ3v) is 2.54. The predicted molar refractivity (Wildman–Crippen MR) is 72.4 cm³/mol. The van der Waals surface area contributed by atoms with E-state index in [2.05, 4.69) is 35.2 Å². The van der Waals surface area contributed by atoms with Crippen LogP contribution in [0.15, 0.2) is 18.3 Å². The van der Waals surface area contributed by atoms with Crippen LogP contribution in [-0.4, -0.2) is 23.0 Å². The number of rotatable bonds is 7. The Morgan fingerprint density at radius 1 is 1.56 bits per heavy atom. The molecule has 3 N–H and O–H groups in total. The van der Waals surface area contributed by atoms with Crippen molar-refractivity contribution in [2.24, 2.45) is 11.8 Å². The van der Waals surface area contributed by atoms with Crippen molar-refractivity contribution in [3.8, 4) is 6.07 Å². The molecule has 0 aliphatic rings. The van der Waals surface area contributed by atoms with Gasteiger partial charge in [-0.25, -0.2) is 10.8 Å². The van der Waals surface area contributed by atoms with Gasteiger partial charge in [-0.1, -0.05) is 13.8 Å². The molecule has 0 radical (unpaired) electrons. The predicted octanol–water partition coefficient (Wildman–Crippen LogP) is 1.74. The minimum absolute atomic E-state index is 0.555. The maximum absolute atomic E-state index is 8.68. The van der Waals surface area contributed by atoms with Crippen LogP contribution < -0.4 is 11.3 Å². The summed E-state index contributed by atoms with van der Waals surface area (Å²) in [5.74, 6) is 6.59. The van der Waals surface area contributed by atoms with Gasteiger partial charge in [0.25, 0.3) is 0 Å². The van der Waals surface area contributed by atoms with Crippen molar-refractivity contribution in [2.45, 2.75) is 26.8 Å². The summed E-state index contributed by atoms with van der Waals surface area (Å²) < 4.78 is 0. The number of pyridine rings is 1. The lowest BCUT2D eigenvalue weighted by Gasteiger charge is -2.23. The van der Waals surface area contributed by atoms with Crippen LogP contribution in [0.3, 0.4) is 0 Å². The lowest BCUT2D eigenvalue weighted by Crippen LogP contribution is -2.28. The van der Waals surface area contributed by atoms with Crippen LogP contribution in [0.1, 0.15) is 25.8 Å². The maximum Gasteiger partial charge on any atom is 0.140 e. The second-order valence-corrected chi connectivity index (χ2v) is 4.73. The summed E-state index contributed by atoms with van der Waals surface area (Å²) in [6.07, 6.45) is 2.29. The van der Waals surface area contributed by atoms with E-state index in [4.69, 9.17) is 11.1 Å². The van der Waals surface area contributed by atoms with Gasteiger partial charge in [0, 0.05) is 32.3 Å². The molecule has 18 heavy (non-hydrogen) atoms. The molecule has 0 aliphatic carbocycles. The second-order valence-electron chi connectivity index (χ2n) is 4.73. The van der Waals surface area contributed by atoms with Crippen LogP contribution in [0, 0.1) is 17.2 Å². The first-order chi connectivity index (χ1) is 8.65. The Kier molecular flexibility index (Phi) is 6.12. The summed E-state index contributed by atoms with van der Waals surface area (Å²) in [6, 6.07) is 6.10. The summed E-state index contributed by atoms with van der Waals surface area (Å²) in [4.78, 5) is 6.36. The van der Waals surface area contributed by atoms with E-state index < -0.39 is 0 Å². The fourth-order valence-corrected chi connectivity index (χ4v) is 1.87. The molecular weight excluding hydrogens is 226 g/mol. The lowest BCUT2D eigenvalue weighted by molar-refractivity contribution is 0.241. The first-order valence-electron chi connectivity index (χ1n) is 6.16. The Hall–Kier alpha value is -1.64. The highest BCUT2D eigenvalue weighted by atomic mass is 15.2. The SMILES string of the molecule is CC(C)CN(CCC#N)Cc1ccnc(NN)c1. The number of nitrogens with zero attached hydrogens (tertiary/aromatic N) is 3. The standard InChI is InChI=1S/C13H21N5/c1-11(2)9-18(7-3-5-14)10-12-4-6-16-13(8-12)17-15/h4,6,8,11H,3,7,9-10,15H2,1-2H3,(H,16,17). The molecule has 5 heteroatoms. The number of hydrogen-bond acceptors (Lipinski definition) is 5. The molecule has 1 heterocycles. The molecule has 0 saturated carbocycles. The summed E-state index contributed by atoms with van der Waals surface area (Å²) in [5, 5.41) is 8.68. The molecule has 0 spiro atoms. The van der Waals surface area contributed by atoms with Crippen LogP contribution in [-0.2, 0) is 6.54 Å². The quantitative estimate of drug-likeness (QED) is 0.567. The molecule has 1 rings (SSSR count). The molecule has 1 aromatic heterocycles. The van der Waals surface area contributed by atoms with E-state index in [9.17, 15) is 0 Å². The van der Waals surface area contributed by atoms with E-state index in [1.165, 1.54) is 0 Å². The van der Waals surface area contributed by atoms with Gasteiger partial charge in [0.1, 0.15) is 5.82 Å². The van der Waals surface area contributed by atoms with Gasteiger partial charge < -0.3 is 5.43 Å². The monoisotopic (exact) mass is 247 g/mol. The van der Waals surface area contributed by atoms with Crippen LogP contribution in [0.25, 0.3) is 0 Å². The van der Waals surface area contributed by atoms with E-state index in [0.717, 1.165) is 25.2 Å². The normalized spacial score (nSPS) is 10.7. The molecule has 0 aliphatic heterocycles. The lowest BCUT2D eigenvalue weighted by atomic mass is 10.1. The van der Waals surface area contributed by atoms with Crippen LogP contribution in [0.2, 0.25) is 0 Å². The smallest absolute Gasteiger partial charge is 0.140 e. The first-order valence-corrected chi connectivity index (χ1v) is 6.16. The fraction of sp³-hybridized carbons (Fsp3) is 0.538. The van der Waals surface area contributed by atoms with E-state index in [1.807, 2.05) is 12.1 Å². The van der Waals surface area contributed by atoms with Gasteiger partial charge in [-0.15, -0.1) is 0 Å². The van der Waals surface area contributed by atoms with E-state index in [1.54, 1.807) is 6.20 Å². The van der Waals surface area contributed by atoms with E-state index in [0.29, 0.717) is 18.2 Å². The molecule has 98 valence electrons. The van der Waals surface area contributed by atoms with Gasteiger partial charge in [0.05, 0.1) is 6.07 Å². The van der Waals surface area contributed by atoms with Crippen LogP contribution >= 0.6 is 0 Å². The molecule has 0 saturated heterocycles. The van der Waals surface area contributed by atoms with Crippen molar-refractivity contribution in [3.63, 3.8) is 0 Å². The molecule has 0 bridgehead atoms. The van der Waals surface area contributed by atoms with Crippen molar-refractivity contribution in [3.05, 3.63) is 23.9 Å². The van der Waals surface area contributed by atoms with Crippen molar-refractivity contribution in [1.82, 2.24) is 9.88 Å². The molecule has 5 nitrogen and oxygen atoms in total.